The zero-order valence-electron chi connectivity index (χ0n) is 26.0. The van der Waals surface area contributed by atoms with E-state index in [1.54, 1.807) is 0 Å². The summed E-state index contributed by atoms with van der Waals surface area (Å²) in [6, 6.07) is 27.8. The average molecular weight is 543 g/mol. The van der Waals surface area contributed by atoms with Crippen molar-refractivity contribution < 1.29 is 4.74 Å². The second kappa shape index (κ2) is 10.4. The zero-order chi connectivity index (χ0) is 29.6. The third kappa shape index (κ3) is 6.35. The molecule has 3 heteroatoms. The third-order valence-electron chi connectivity index (χ3n) is 7.65. The maximum Gasteiger partial charge on any atom is 0.128 e. The van der Waals surface area contributed by atoms with Gasteiger partial charge in [0.15, 0.2) is 0 Å². The Kier molecular flexibility index (Phi) is 7.27. The van der Waals surface area contributed by atoms with Gasteiger partial charge in [0.25, 0.3) is 0 Å². The van der Waals surface area contributed by atoms with Crippen LogP contribution in [0.15, 0.2) is 91.3 Å². The Bertz CT molecular complexity index is 1710. The molecule has 0 N–H and O–H groups in total. The summed E-state index contributed by atoms with van der Waals surface area (Å²) in [6.45, 7) is 20.1. The maximum atomic E-state index is 6.73. The quantitative estimate of drug-likeness (QED) is 0.226. The van der Waals surface area contributed by atoms with Crippen LogP contribution in [0.5, 0.6) is 11.5 Å². The largest absolute Gasteiger partial charge is 0.457 e. The normalized spacial score (nSPS) is 12.5. The van der Waals surface area contributed by atoms with E-state index in [4.69, 9.17) is 14.7 Å². The van der Waals surface area contributed by atoms with Crippen molar-refractivity contribution in [1.82, 2.24) is 9.97 Å². The van der Waals surface area contributed by atoms with Crippen LogP contribution in [0.25, 0.3) is 33.3 Å². The minimum atomic E-state index is -0.0611. The molecule has 0 aliphatic carbocycles. The van der Waals surface area contributed by atoms with E-state index in [0.29, 0.717) is 0 Å². The number of fused-ring (bicyclic) bond motifs is 1. The monoisotopic (exact) mass is 542 g/mol. The van der Waals surface area contributed by atoms with Crippen molar-refractivity contribution in [3.63, 3.8) is 0 Å². The minimum absolute atomic E-state index is 0.0398. The summed E-state index contributed by atoms with van der Waals surface area (Å²) in [5, 5.41) is 2.31. The van der Waals surface area contributed by atoms with Crippen LogP contribution in [-0.4, -0.2) is 9.97 Å². The van der Waals surface area contributed by atoms with E-state index in [-0.39, 0.29) is 16.2 Å². The van der Waals surface area contributed by atoms with E-state index in [9.17, 15) is 0 Å². The molecule has 5 aromatic rings. The number of rotatable bonds is 4. The van der Waals surface area contributed by atoms with Gasteiger partial charge in [0.2, 0.25) is 0 Å². The first kappa shape index (κ1) is 28.5. The number of aromatic nitrogens is 2. The maximum absolute atomic E-state index is 6.73. The lowest BCUT2D eigenvalue weighted by Gasteiger charge is -2.24. The summed E-state index contributed by atoms with van der Waals surface area (Å²) in [4.78, 5) is 9.57. The van der Waals surface area contributed by atoms with E-state index in [1.165, 1.54) is 22.1 Å². The van der Waals surface area contributed by atoms with Crippen molar-refractivity contribution in [1.29, 1.82) is 0 Å². The fraction of sp³-hybridized carbons (Fsp3) is 0.316. The van der Waals surface area contributed by atoms with Gasteiger partial charge in [-0.2, -0.15) is 0 Å². The zero-order valence-corrected chi connectivity index (χ0v) is 26.0. The molecular formula is C38H42N2O. The highest BCUT2D eigenvalue weighted by atomic mass is 16.5. The van der Waals surface area contributed by atoms with Gasteiger partial charge >= 0.3 is 0 Å². The molecule has 210 valence electrons. The highest BCUT2D eigenvalue weighted by Gasteiger charge is 2.21. The Morgan fingerprint density at radius 1 is 0.512 bits per heavy atom. The molecule has 2 aromatic heterocycles. The highest BCUT2D eigenvalue weighted by Crippen LogP contribution is 2.38. The Morgan fingerprint density at radius 3 is 1.71 bits per heavy atom. The number of hydrogen-bond acceptors (Lipinski definition) is 3. The first-order valence-corrected chi connectivity index (χ1v) is 14.5. The van der Waals surface area contributed by atoms with Crippen molar-refractivity contribution in [3.8, 4) is 34.0 Å². The summed E-state index contributed by atoms with van der Waals surface area (Å²) in [5.74, 6) is 1.61. The summed E-state index contributed by atoms with van der Waals surface area (Å²) >= 11 is 0. The lowest BCUT2D eigenvalue weighted by molar-refractivity contribution is 0.475. The van der Waals surface area contributed by atoms with Gasteiger partial charge in [-0.25, -0.2) is 0 Å². The van der Waals surface area contributed by atoms with Gasteiger partial charge in [-0.3, -0.25) is 9.97 Å². The van der Waals surface area contributed by atoms with Crippen molar-refractivity contribution in [2.45, 2.75) is 78.6 Å². The fourth-order valence-corrected chi connectivity index (χ4v) is 5.01. The predicted octanol–water partition coefficient (Wildman–Crippen LogP) is 10.6. The topological polar surface area (TPSA) is 35.0 Å². The van der Waals surface area contributed by atoms with Crippen molar-refractivity contribution in [3.05, 3.63) is 108 Å². The molecule has 3 aromatic carbocycles. The summed E-state index contributed by atoms with van der Waals surface area (Å²) in [7, 11) is 0. The van der Waals surface area contributed by atoms with E-state index < -0.39 is 0 Å². The molecule has 3 nitrogen and oxygen atoms in total. The summed E-state index contributed by atoms with van der Waals surface area (Å²) in [6.07, 6.45) is 3.80. The van der Waals surface area contributed by atoms with E-state index in [2.05, 4.69) is 141 Å². The van der Waals surface area contributed by atoms with Gasteiger partial charge in [0.05, 0.1) is 11.4 Å². The molecule has 0 saturated heterocycles. The SMILES string of the molecule is CC(C)(C)c1cc(Oc2cc(-c3nccc4ccccc34)cc(C(C)(C)C)c2)cc(-c2cc(C(C)(C)C)ccn2)c1. The molecule has 0 bridgehead atoms. The Morgan fingerprint density at radius 2 is 1.07 bits per heavy atom. The van der Waals surface area contributed by atoms with Gasteiger partial charge in [-0.1, -0.05) is 86.6 Å². The van der Waals surface area contributed by atoms with Gasteiger partial charge < -0.3 is 4.74 Å². The van der Waals surface area contributed by atoms with Crippen LogP contribution < -0.4 is 4.74 Å². The van der Waals surface area contributed by atoms with Gasteiger partial charge in [0.1, 0.15) is 11.5 Å². The van der Waals surface area contributed by atoms with Crippen LogP contribution >= 0.6 is 0 Å². The molecule has 0 saturated carbocycles. The number of hydrogen-bond donors (Lipinski definition) is 0. The van der Waals surface area contributed by atoms with Crippen LogP contribution in [0.3, 0.4) is 0 Å². The number of benzene rings is 3. The second-order valence-electron chi connectivity index (χ2n) is 14.2. The molecule has 0 atom stereocenters. The third-order valence-corrected chi connectivity index (χ3v) is 7.65. The van der Waals surface area contributed by atoms with Gasteiger partial charge in [0, 0.05) is 28.9 Å². The molecule has 2 heterocycles. The van der Waals surface area contributed by atoms with Crippen molar-refractivity contribution in [2.75, 3.05) is 0 Å². The predicted molar refractivity (Wildman–Crippen MR) is 173 cm³/mol. The molecule has 0 fully saturated rings. The molecule has 41 heavy (non-hydrogen) atoms. The van der Waals surface area contributed by atoms with Crippen LogP contribution in [-0.2, 0) is 16.2 Å². The van der Waals surface area contributed by atoms with Crippen molar-refractivity contribution >= 4 is 10.8 Å². The molecule has 0 spiro atoms. The lowest BCUT2D eigenvalue weighted by Crippen LogP contribution is -2.12. The lowest BCUT2D eigenvalue weighted by atomic mass is 9.84. The van der Waals surface area contributed by atoms with E-state index in [0.717, 1.165) is 39.4 Å². The Balaban J connectivity index is 1.64. The average Bonchev–Trinajstić information content (AvgIpc) is 2.91. The van der Waals surface area contributed by atoms with E-state index in [1.807, 2.05) is 12.4 Å². The number of nitrogens with zero attached hydrogens (tertiary/aromatic N) is 2. The Labute approximate surface area is 245 Å². The van der Waals surface area contributed by atoms with Crippen LogP contribution in [0.1, 0.15) is 79.0 Å². The first-order chi connectivity index (χ1) is 19.2. The molecule has 0 aliphatic heterocycles. The van der Waals surface area contributed by atoms with Crippen LogP contribution in [0.4, 0.5) is 0 Å². The highest BCUT2D eigenvalue weighted by molar-refractivity contribution is 5.94. The molecular weight excluding hydrogens is 500 g/mol. The number of pyridine rings is 2. The molecule has 0 aliphatic rings. The Hall–Kier alpha value is -3.98. The molecule has 0 unspecified atom stereocenters. The standard InChI is InChI=1S/C38H42N2O/c1-36(2,3)28-15-17-39-34(24-28)26-18-29(37(4,5)6)22-31(20-26)41-32-21-27(19-30(23-32)38(7,8)9)35-33-13-11-10-12-25(33)14-16-40-35/h10-24H,1-9H3. The van der Waals surface area contributed by atoms with E-state index >= 15 is 0 Å². The van der Waals surface area contributed by atoms with Crippen molar-refractivity contribution in [2.24, 2.45) is 0 Å². The van der Waals surface area contributed by atoms with Gasteiger partial charge in [-0.05, 0) is 92.9 Å². The smallest absolute Gasteiger partial charge is 0.128 e. The molecule has 0 amide bonds. The molecule has 0 radical (unpaired) electrons. The summed E-state index contributed by atoms with van der Waals surface area (Å²) in [5.41, 5.74) is 7.62. The number of ether oxygens (including phenoxy) is 1. The van der Waals surface area contributed by atoms with Crippen LogP contribution in [0, 0.1) is 0 Å². The van der Waals surface area contributed by atoms with Crippen LogP contribution in [0.2, 0.25) is 0 Å². The second-order valence-corrected chi connectivity index (χ2v) is 14.2. The van der Waals surface area contributed by atoms with Gasteiger partial charge in [-0.15, -0.1) is 0 Å². The minimum Gasteiger partial charge on any atom is -0.457 e. The fourth-order valence-electron chi connectivity index (χ4n) is 5.01. The first-order valence-electron chi connectivity index (χ1n) is 14.5. The summed E-state index contributed by atoms with van der Waals surface area (Å²) < 4.78 is 6.73. The molecule has 5 rings (SSSR count).